The van der Waals surface area contributed by atoms with Crippen LogP contribution in [-0.2, 0) is 6.54 Å². The van der Waals surface area contributed by atoms with Crippen LogP contribution < -0.4 is 9.64 Å². The van der Waals surface area contributed by atoms with E-state index in [4.69, 9.17) is 4.74 Å². The molecule has 2 saturated heterocycles. The number of H-pyrrole nitrogens is 1. The Morgan fingerprint density at radius 3 is 2.54 bits per heavy atom. The van der Waals surface area contributed by atoms with Crippen LogP contribution in [0.1, 0.15) is 18.4 Å². The van der Waals surface area contributed by atoms with Crippen molar-refractivity contribution in [3.05, 3.63) is 66.2 Å². The van der Waals surface area contributed by atoms with E-state index in [-0.39, 0.29) is 12.6 Å². The minimum atomic E-state index is -0.961. The van der Waals surface area contributed by atoms with E-state index < -0.39 is 17.4 Å². The predicted octanol–water partition coefficient (Wildman–Crippen LogP) is 4.18. The first kappa shape index (κ1) is 22.7. The van der Waals surface area contributed by atoms with Gasteiger partial charge in [-0.15, -0.1) is 0 Å². The average molecular weight is 480 g/mol. The topological polar surface area (TPSA) is 102 Å². The van der Waals surface area contributed by atoms with E-state index in [0.717, 1.165) is 16.8 Å². The summed E-state index contributed by atoms with van der Waals surface area (Å²) in [5.74, 6) is -0.0551. The summed E-state index contributed by atoms with van der Waals surface area (Å²) in [4.78, 5) is 30.1. The van der Waals surface area contributed by atoms with E-state index >= 15 is 0 Å². The number of amides is 3. The second-order valence-electron chi connectivity index (χ2n) is 8.98. The molecule has 0 bridgehead atoms. The first-order valence-electron chi connectivity index (χ1n) is 11.4. The summed E-state index contributed by atoms with van der Waals surface area (Å²) >= 11 is 0. The maximum absolute atomic E-state index is 14.2. The first-order chi connectivity index (χ1) is 16.9. The number of hydrogen-bond donors (Lipinski definition) is 2. The summed E-state index contributed by atoms with van der Waals surface area (Å²) in [6.07, 6.45) is 3.58. The Hall–Kier alpha value is -4.08. The molecule has 2 aliphatic heterocycles. The van der Waals surface area contributed by atoms with Gasteiger partial charge in [0, 0.05) is 43.1 Å². The fourth-order valence-electron chi connectivity index (χ4n) is 5.03. The first-order valence-corrected chi connectivity index (χ1v) is 11.4. The molecule has 3 amide bonds. The van der Waals surface area contributed by atoms with Crippen LogP contribution in [0, 0.1) is 5.82 Å². The lowest BCUT2D eigenvalue weighted by Gasteiger charge is -2.43. The van der Waals surface area contributed by atoms with Gasteiger partial charge in [-0.2, -0.15) is 5.10 Å². The van der Waals surface area contributed by atoms with Crippen molar-refractivity contribution in [2.75, 3.05) is 31.6 Å². The molecule has 0 atom stereocenters. The van der Waals surface area contributed by atoms with Gasteiger partial charge in [-0.3, -0.25) is 10.00 Å². The SMILES string of the molecule is COc1cc(F)cc(CN2C(=O)N(c3ccc(-c4cn[nH]c4)cc3)CC23CCN(C(=O)O)CC3)c1. The van der Waals surface area contributed by atoms with Gasteiger partial charge < -0.3 is 19.6 Å². The standard InChI is InChI=1S/C25H26FN5O4/c1-35-22-11-17(10-20(26)12-22)15-31-23(32)30(16-25(31)6-8-29(9-7-25)24(33)34)21-4-2-18(3-5-21)19-13-27-28-14-19/h2-5,10-14H,6-9,15-16H2,1H3,(H,27,28)(H,33,34). The molecule has 35 heavy (non-hydrogen) atoms. The number of hydrogen-bond acceptors (Lipinski definition) is 4. The molecule has 0 radical (unpaired) electrons. The van der Waals surface area contributed by atoms with Gasteiger partial charge in [0.15, 0.2) is 0 Å². The molecule has 0 aliphatic carbocycles. The number of halogens is 1. The van der Waals surface area contributed by atoms with Crippen LogP contribution in [0.15, 0.2) is 54.9 Å². The van der Waals surface area contributed by atoms with E-state index in [1.165, 1.54) is 24.1 Å². The molecule has 2 N–H and O–H groups in total. The Morgan fingerprint density at radius 2 is 1.91 bits per heavy atom. The van der Waals surface area contributed by atoms with Crippen LogP contribution in [0.2, 0.25) is 0 Å². The minimum Gasteiger partial charge on any atom is -0.497 e. The molecule has 0 unspecified atom stereocenters. The fourth-order valence-corrected chi connectivity index (χ4v) is 5.03. The van der Waals surface area contributed by atoms with E-state index in [1.807, 2.05) is 24.3 Å². The van der Waals surface area contributed by atoms with Gasteiger partial charge in [0.2, 0.25) is 0 Å². The number of carbonyl (C=O) groups excluding carboxylic acids is 1. The van der Waals surface area contributed by atoms with Crippen molar-refractivity contribution in [3.8, 4) is 16.9 Å². The summed E-state index contributed by atoms with van der Waals surface area (Å²) in [6, 6.07) is 11.9. The van der Waals surface area contributed by atoms with Gasteiger partial charge in [0.05, 0.1) is 25.4 Å². The van der Waals surface area contributed by atoms with Crippen LogP contribution >= 0.6 is 0 Å². The van der Waals surface area contributed by atoms with Crippen molar-refractivity contribution in [1.82, 2.24) is 20.0 Å². The Kier molecular flexibility index (Phi) is 5.80. The van der Waals surface area contributed by atoms with E-state index in [9.17, 15) is 19.1 Å². The summed E-state index contributed by atoms with van der Waals surface area (Å²) in [5.41, 5.74) is 2.73. The smallest absolute Gasteiger partial charge is 0.407 e. The highest BCUT2D eigenvalue weighted by Crippen LogP contribution is 2.40. The van der Waals surface area contributed by atoms with Crippen LogP contribution in [0.4, 0.5) is 19.7 Å². The highest BCUT2D eigenvalue weighted by molar-refractivity contribution is 5.95. The maximum Gasteiger partial charge on any atom is 0.407 e. The van der Waals surface area contributed by atoms with Gasteiger partial charge >= 0.3 is 12.1 Å². The lowest BCUT2D eigenvalue weighted by molar-refractivity contribution is 0.0686. The number of aromatic amines is 1. The van der Waals surface area contributed by atoms with E-state index in [0.29, 0.717) is 43.8 Å². The molecule has 9 nitrogen and oxygen atoms in total. The van der Waals surface area contributed by atoms with Gasteiger partial charge in [-0.1, -0.05) is 12.1 Å². The Balaban J connectivity index is 1.45. The molecule has 1 aromatic heterocycles. The molecule has 3 aromatic rings. The number of anilines is 1. The second-order valence-corrected chi connectivity index (χ2v) is 8.98. The molecule has 10 heteroatoms. The predicted molar refractivity (Wildman–Crippen MR) is 127 cm³/mol. The van der Waals surface area contributed by atoms with Crippen LogP contribution in [0.25, 0.3) is 11.1 Å². The molecule has 2 aromatic carbocycles. The highest BCUT2D eigenvalue weighted by atomic mass is 19.1. The monoisotopic (exact) mass is 479 g/mol. The molecule has 3 heterocycles. The molecular weight excluding hydrogens is 453 g/mol. The maximum atomic E-state index is 14.2. The van der Waals surface area contributed by atoms with Crippen molar-refractivity contribution < 1.29 is 23.8 Å². The van der Waals surface area contributed by atoms with Gasteiger partial charge in [0.25, 0.3) is 0 Å². The number of carboxylic acid groups (broad SMARTS) is 1. The number of piperidine rings is 1. The number of aromatic nitrogens is 2. The Bertz CT molecular complexity index is 1220. The summed E-state index contributed by atoms with van der Waals surface area (Å²) < 4.78 is 19.4. The van der Waals surface area contributed by atoms with Crippen molar-refractivity contribution in [3.63, 3.8) is 0 Å². The van der Waals surface area contributed by atoms with E-state index in [2.05, 4.69) is 10.2 Å². The van der Waals surface area contributed by atoms with Crippen LogP contribution in [0.3, 0.4) is 0 Å². The average Bonchev–Trinajstić information content (AvgIpc) is 3.48. The van der Waals surface area contributed by atoms with Crippen molar-refractivity contribution >= 4 is 17.8 Å². The summed E-state index contributed by atoms with van der Waals surface area (Å²) in [5, 5.41) is 16.2. The van der Waals surface area contributed by atoms with Crippen LogP contribution in [-0.4, -0.2) is 69.5 Å². The van der Waals surface area contributed by atoms with Gasteiger partial charge in [0.1, 0.15) is 11.6 Å². The van der Waals surface area contributed by atoms with Crippen LogP contribution in [0.5, 0.6) is 5.75 Å². The number of rotatable bonds is 5. The molecule has 0 saturated carbocycles. The fraction of sp³-hybridized carbons (Fsp3) is 0.320. The van der Waals surface area contributed by atoms with Gasteiger partial charge in [-0.25, -0.2) is 14.0 Å². The van der Waals surface area contributed by atoms with Crippen molar-refractivity contribution in [2.24, 2.45) is 0 Å². The Labute approximate surface area is 201 Å². The van der Waals surface area contributed by atoms with Crippen molar-refractivity contribution in [2.45, 2.75) is 24.9 Å². The largest absolute Gasteiger partial charge is 0.497 e. The zero-order valence-corrected chi connectivity index (χ0v) is 19.3. The third-order valence-electron chi connectivity index (χ3n) is 6.97. The number of nitrogens with zero attached hydrogens (tertiary/aromatic N) is 4. The van der Waals surface area contributed by atoms with E-state index in [1.54, 1.807) is 28.3 Å². The summed E-state index contributed by atoms with van der Waals surface area (Å²) in [7, 11) is 1.47. The molecule has 2 fully saturated rings. The molecular formula is C25H26FN5O4. The van der Waals surface area contributed by atoms with Gasteiger partial charge in [-0.05, 0) is 48.2 Å². The minimum absolute atomic E-state index is 0.187. The quantitative estimate of drug-likeness (QED) is 0.572. The number of methoxy groups -OCH3 is 1. The van der Waals surface area contributed by atoms with Crippen molar-refractivity contribution in [1.29, 1.82) is 0 Å². The molecule has 2 aliphatic rings. The normalized spacial score (nSPS) is 17.3. The number of urea groups is 1. The number of benzene rings is 2. The zero-order valence-electron chi connectivity index (χ0n) is 19.3. The lowest BCUT2D eigenvalue weighted by Crippen LogP contribution is -2.55. The molecule has 5 rings (SSSR count). The third kappa shape index (κ3) is 4.27. The second kappa shape index (κ2) is 8.94. The lowest BCUT2D eigenvalue weighted by atomic mass is 9.86. The number of carbonyl (C=O) groups is 2. The number of likely N-dealkylation sites (tertiary alicyclic amines) is 1. The Morgan fingerprint density at radius 1 is 1.17 bits per heavy atom. The molecule has 1 spiro atoms. The zero-order chi connectivity index (χ0) is 24.6. The summed E-state index contributed by atoms with van der Waals surface area (Å²) in [6.45, 7) is 1.29. The third-order valence-corrected chi connectivity index (χ3v) is 6.97. The number of ether oxygens (including phenoxy) is 1. The molecule has 182 valence electrons. The highest BCUT2D eigenvalue weighted by Gasteiger charge is 2.51. The number of nitrogens with one attached hydrogen (secondary N) is 1.